The summed E-state index contributed by atoms with van der Waals surface area (Å²) in [6.45, 7) is 4.66. The lowest BCUT2D eigenvalue weighted by atomic mass is 10.1. The molecule has 0 aromatic carbocycles. The zero-order valence-corrected chi connectivity index (χ0v) is 12.1. The van der Waals surface area contributed by atoms with Crippen LogP contribution in [0.4, 0.5) is 0 Å². The highest BCUT2D eigenvalue weighted by Crippen LogP contribution is 2.08. The fraction of sp³-hybridized carbons (Fsp3) is 1.00. The Morgan fingerprint density at radius 3 is 1.81 bits per heavy atom. The molecule has 0 spiro atoms. The van der Waals surface area contributed by atoms with Crippen LogP contribution in [0.2, 0.25) is 0 Å². The monoisotopic (exact) mass is 251 g/mol. The predicted octanol–water partition coefficient (Wildman–Crippen LogP) is -0.190. The molecule has 0 unspecified atom stereocenters. The van der Waals surface area contributed by atoms with E-state index in [9.17, 15) is 0 Å². The lowest BCUT2D eigenvalue weighted by Gasteiger charge is -2.28. The van der Waals surface area contributed by atoms with Gasteiger partial charge in [-0.05, 0) is 12.8 Å². The highest BCUT2D eigenvalue weighted by Gasteiger charge is 2.12. The molecule has 0 saturated heterocycles. The number of hydrogen-bond donors (Lipinski definition) is 1. The summed E-state index contributed by atoms with van der Waals surface area (Å²) in [5, 5.41) is 8.89. The van der Waals surface area contributed by atoms with Gasteiger partial charge in [0.05, 0.1) is 27.2 Å². The molecule has 0 aliphatic carbocycles. The minimum atomic E-state index is 0. The van der Waals surface area contributed by atoms with Crippen molar-refractivity contribution in [1.29, 1.82) is 0 Å². The molecule has 0 radical (unpaired) electrons. The van der Waals surface area contributed by atoms with Gasteiger partial charge >= 0.3 is 0 Å². The fourth-order valence-electron chi connectivity index (χ4n) is 1.88. The molecule has 0 heterocycles. The SMILES string of the molecule is CCCCCCCCC[N+](C)(C)CCO.[Cl-]. The Morgan fingerprint density at radius 1 is 0.812 bits per heavy atom. The van der Waals surface area contributed by atoms with E-state index >= 15 is 0 Å². The van der Waals surface area contributed by atoms with Crippen LogP contribution < -0.4 is 12.4 Å². The van der Waals surface area contributed by atoms with E-state index < -0.39 is 0 Å². The van der Waals surface area contributed by atoms with Gasteiger partial charge in [-0.3, -0.25) is 0 Å². The fourth-order valence-corrected chi connectivity index (χ4v) is 1.88. The van der Waals surface area contributed by atoms with Gasteiger partial charge in [0.25, 0.3) is 0 Å². The third-order valence-corrected chi connectivity index (χ3v) is 3.07. The molecular formula is C13H30ClNO. The molecule has 0 aromatic heterocycles. The number of hydrogen-bond acceptors (Lipinski definition) is 1. The zero-order valence-electron chi connectivity index (χ0n) is 11.3. The molecule has 0 aliphatic heterocycles. The average molecular weight is 252 g/mol. The number of halogens is 1. The maximum absolute atomic E-state index is 8.89. The van der Waals surface area contributed by atoms with Gasteiger partial charge in [-0.2, -0.15) is 0 Å². The van der Waals surface area contributed by atoms with Crippen molar-refractivity contribution in [3.63, 3.8) is 0 Å². The van der Waals surface area contributed by atoms with Crippen LogP contribution in [0.3, 0.4) is 0 Å². The van der Waals surface area contributed by atoms with Crippen LogP contribution >= 0.6 is 0 Å². The summed E-state index contributed by atoms with van der Waals surface area (Å²) >= 11 is 0. The maximum atomic E-state index is 8.89. The van der Waals surface area contributed by atoms with Crippen molar-refractivity contribution in [2.45, 2.75) is 51.9 Å². The van der Waals surface area contributed by atoms with Crippen molar-refractivity contribution in [3.05, 3.63) is 0 Å². The van der Waals surface area contributed by atoms with E-state index in [0.717, 1.165) is 11.0 Å². The molecule has 2 nitrogen and oxygen atoms in total. The first-order chi connectivity index (χ1) is 7.12. The zero-order chi connectivity index (χ0) is 11.6. The average Bonchev–Trinajstić information content (AvgIpc) is 2.16. The number of likely N-dealkylation sites (N-methyl/N-ethyl adjacent to an activating group) is 1. The topological polar surface area (TPSA) is 20.2 Å². The van der Waals surface area contributed by atoms with Gasteiger partial charge in [0.2, 0.25) is 0 Å². The molecule has 0 rings (SSSR count). The van der Waals surface area contributed by atoms with Gasteiger partial charge in [0.15, 0.2) is 0 Å². The number of aliphatic hydroxyl groups is 1. The van der Waals surface area contributed by atoms with Crippen LogP contribution in [0.15, 0.2) is 0 Å². The van der Waals surface area contributed by atoms with Gasteiger partial charge in [-0.1, -0.05) is 39.0 Å². The van der Waals surface area contributed by atoms with E-state index in [1.807, 2.05) is 0 Å². The molecule has 1 N–H and O–H groups in total. The van der Waals surface area contributed by atoms with Crippen LogP contribution in [0.25, 0.3) is 0 Å². The summed E-state index contributed by atoms with van der Waals surface area (Å²) in [6, 6.07) is 0. The van der Waals surface area contributed by atoms with E-state index in [1.54, 1.807) is 0 Å². The van der Waals surface area contributed by atoms with Crippen LogP contribution in [-0.2, 0) is 0 Å². The molecule has 3 heteroatoms. The Hall–Kier alpha value is 0.210. The van der Waals surface area contributed by atoms with Gasteiger partial charge in [-0.15, -0.1) is 0 Å². The smallest absolute Gasteiger partial charge is 0.102 e. The number of aliphatic hydroxyl groups excluding tert-OH is 1. The Morgan fingerprint density at radius 2 is 1.31 bits per heavy atom. The maximum Gasteiger partial charge on any atom is 0.102 e. The number of rotatable bonds is 10. The Labute approximate surface area is 108 Å². The summed E-state index contributed by atoms with van der Waals surface area (Å²) < 4.78 is 0.964. The largest absolute Gasteiger partial charge is 1.00 e. The third kappa shape index (κ3) is 12.3. The molecule has 0 fully saturated rings. The predicted molar refractivity (Wildman–Crippen MR) is 66.9 cm³/mol. The molecule has 0 bridgehead atoms. The summed E-state index contributed by atoms with van der Waals surface area (Å²) in [6.07, 6.45) is 9.59. The van der Waals surface area contributed by atoms with Gasteiger partial charge < -0.3 is 22.0 Å². The van der Waals surface area contributed by atoms with E-state index in [0.29, 0.717) is 6.61 Å². The van der Waals surface area contributed by atoms with Crippen LogP contribution in [0, 0.1) is 0 Å². The Balaban J connectivity index is 0. The molecule has 0 amide bonds. The molecular weight excluding hydrogens is 222 g/mol. The van der Waals surface area contributed by atoms with Crippen molar-refractivity contribution in [2.24, 2.45) is 0 Å². The molecule has 0 aliphatic rings. The van der Waals surface area contributed by atoms with Gasteiger partial charge in [-0.25, -0.2) is 0 Å². The summed E-state index contributed by atoms with van der Waals surface area (Å²) in [5.74, 6) is 0. The van der Waals surface area contributed by atoms with Crippen molar-refractivity contribution >= 4 is 0 Å². The number of quaternary nitrogens is 1. The van der Waals surface area contributed by atoms with Crippen molar-refractivity contribution in [1.82, 2.24) is 0 Å². The quantitative estimate of drug-likeness (QED) is 0.422. The third-order valence-electron chi connectivity index (χ3n) is 3.07. The molecule has 0 atom stereocenters. The summed E-state index contributed by atoms with van der Waals surface area (Å²) in [4.78, 5) is 0. The van der Waals surface area contributed by atoms with Gasteiger partial charge in [0.1, 0.15) is 6.54 Å². The lowest BCUT2D eigenvalue weighted by Crippen LogP contribution is -3.00. The minimum Gasteiger partial charge on any atom is -1.00 e. The summed E-state index contributed by atoms with van der Waals surface area (Å²) in [5.41, 5.74) is 0. The van der Waals surface area contributed by atoms with Crippen LogP contribution in [0.5, 0.6) is 0 Å². The minimum absolute atomic E-state index is 0. The van der Waals surface area contributed by atoms with E-state index in [-0.39, 0.29) is 12.4 Å². The van der Waals surface area contributed by atoms with E-state index in [1.165, 1.54) is 51.5 Å². The second kappa shape index (κ2) is 11.7. The molecule has 100 valence electrons. The molecule has 0 saturated carbocycles. The first kappa shape index (κ1) is 18.6. The number of nitrogens with zero attached hydrogens (tertiary/aromatic N) is 1. The van der Waals surface area contributed by atoms with Crippen LogP contribution in [-0.4, -0.2) is 43.4 Å². The first-order valence-corrected chi connectivity index (χ1v) is 6.55. The van der Waals surface area contributed by atoms with E-state index in [4.69, 9.17) is 5.11 Å². The van der Waals surface area contributed by atoms with E-state index in [2.05, 4.69) is 21.0 Å². The highest BCUT2D eigenvalue weighted by molar-refractivity contribution is 4.45. The standard InChI is InChI=1S/C13H30NO.ClH/c1-4-5-6-7-8-9-10-11-14(2,3)12-13-15;/h15H,4-13H2,1-3H3;1H/q+1;/p-1. The van der Waals surface area contributed by atoms with Crippen molar-refractivity contribution in [2.75, 3.05) is 33.8 Å². The van der Waals surface area contributed by atoms with Gasteiger partial charge in [0, 0.05) is 0 Å². The van der Waals surface area contributed by atoms with Crippen LogP contribution in [0.1, 0.15) is 51.9 Å². The highest BCUT2D eigenvalue weighted by atomic mass is 35.5. The summed E-state index contributed by atoms with van der Waals surface area (Å²) in [7, 11) is 4.40. The Bertz CT molecular complexity index is 140. The Kier molecular flexibility index (Phi) is 13.6. The first-order valence-electron chi connectivity index (χ1n) is 6.55. The second-order valence-electron chi connectivity index (χ2n) is 5.23. The van der Waals surface area contributed by atoms with Crippen molar-refractivity contribution in [3.8, 4) is 0 Å². The number of unbranched alkanes of at least 4 members (excludes halogenated alkanes) is 6. The lowest BCUT2D eigenvalue weighted by molar-refractivity contribution is -0.890. The molecule has 16 heavy (non-hydrogen) atoms. The molecule has 0 aromatic rings. The van der Waals surface area contributed by atoms with Crippen molar-refractivity contribution < 1.29 is 22.0 Å². The normalized spacial score (nSPS) is 11.2. The second-order valence-corrected chi connectivity index (χ2v) is 5.23.